The third-order valence-electron chi connectivity index (χ3n) is 4.43. The summed E-state index contributed by atoms with van der Waals surface area (Å²) in [6.07, 6.45) is 0.658. The maximum absolute atomic E-state index is 13.3. The number of carbonyl (C=O) groups excluding carboxylic acids is 2. The van der Waals surface area contributed by atoms with Crippen molar-refractivity contribution < 1.29 is 18.4 Å². The van der Waals surface area contributed by atoms with E-state index in [9.17, 15) is 18.4 Å². The second kappa shape index (κ2) is 7.04. The molecule has 1 aromatic carbocycles. The fourth-order valence-electron chi connectivity index (χ4n) is 2.72. The molecule has 2 amide bonds. The second-order valence-electron chi connectivity index (χ2n) is 5.98. The lowest BCUT2D eigenvalue weighted by Gasteiger charge is -2.27. The van der Waals surface area contributed by atoms with E-state index >= 15 is 0 Å². The van der Waals surface area contributed by atoms with Crippen LogP contribution in [0.1, 0.15) is 24.9 Å². The topological polar surface area (TPSA) is 66.6 Å². The number of likely N-dealkylation sites (N-methyl/N-ethyl adjacent to an activating group) is 1. The van der Waals surface area contributed by atoms with Crippen molar-refractivity contribution in [2.24, 2.45) is 11.7 Å². The van der Waals surface area contributed by atoms with Crippen LogP contribution in [-0.4, -0.2) is 48.3 Å². The number of carbonyl (C=O) groups is 2. The van der Waals surface area contributed by atoms with E-state index in [0.29, 0.717) is 25.1 Å². The fraction of sp³-hybridized carbons (Fsp3) is 0.500. The highest BCUT2D eigenvalue weighted by Gasteiger charge is 2.29. The van der Waals surface area contributed by atoms with Crippen LogP contribution in [0.4, 0.5) is 8.78 Å². The predicted molar refractivity (Wildman–Crippen MR) is 81.3 cm³/mol. The summed E-state index contributed by atoms with van der Waals surface area (Å²) in [6.45, 7) is 3.05. The van der Waals surface area contributed by atoms with Gasteiger partial charge in [-0.1, -0.05) is 6.07 Å². The number of hydrogen-bond donors (Lipinski definition) is 1. The van der Waals surface area contributed by atoms with Gasteiger partial charge in [-0.15, -0.1) is 0 Å². The number of hydrogen-bond acceptors (Lipinski definition) is 3. The first-order chi connectivity index (χ1) is 10.8. The van der Waals surface area contributed by atoms with Gasteiger partial charge in [0.25, 0.3) is 0 Å². The molecule has 2 atom stereocenters. The Kier molecular flexibility index (Phi) is 5.30. The Morgan fingerprint density at radius 2 is 2.09 bits per heavy atom. The van der Waals surface area contributed by atoms with E-state index in [0.717, 1.165) is 12.1 Å². The van der Waals surface area contributed by atoms with Gasteiger partial charge < -0.3 is 10.6 Å². The Hall–Kier alpha value is -2.02. The fourth-order valence-corrected chi connectivity index (χ4v) is 2.72. The lowest BCUT2D eigenvalue weighted by Crippen LogP contribution is -2.39. The molecule has 2 rings (SSSR count). The summed E-state index contributed by atoms with van der Waals surface area (Å²) in [6, 6.07) is 3.23. The largest absolute Gasteiger partial charge is 0.369 e. The normalized spacial score (nSPS) is 19.6. The van der Waals surface area contributed by atoms with Crippen molar-refractivity contribution in [1.82, 2.24) is 9.80 Å². The van der Waals surface area contributed by atoms with Crippen molar-refractivity contribution in [1.29, 1.82) is 0 Å². The summed E-state index contributed by atoms with van der Waals surface area (Å²) in [4.78, 5) is 26.9. The number of amides is 2. The molecule has 1 aliphatic rings. The smallest absolute Gasteiger partial charge is 0.236 e. The number of nitrogens with two attached hydrogens (primary N) is 1. The Morgan fingerprint density at radius 3 is 2.65 bits per heavy atom. The molecule has 0 radical (unpaired) electrons. The molecule has 2 N–H and O–H groups in total. The average molecular weight is 325 g/mol. The van der Waals surface area contributed by atoms with Gasteiger partial charge in [0.1, 0.15) is 0 Å². The zero-order chi connectivity index (χ0) is 17.1. The van der Waals surface area contributed by atoms with Crippen LogP contribution < -0.4 is 5.73 Å². The average Bonchev–Trinajstić information content (AvgIpc) is 2.97. The molecule has 0 bridgehead atoms. The van der Waals surface area contributed by atoms with E-state index in [-0.39, 0.29) is 30.3 Å². The molecule has 1 saturated heterocycles. The molecule has 0 saturated carbocycles. The number of nitrogens with zero attached hydrogens (tertiary/aromatic N) is 2. The molecular formula is C16H21F2N3O2. The SMILES string of the molecule is C[C@H](c1ccc(F)c(F)c1)N(C)C(=O)CN1CC[C@@H](C(N)=O)C1. The lowest BCUT2D eigenvalue weighted by atomic mass is 10.1. The van der Waals surface area contributed by atoms with Crippen molar-refractivity contribution in [3.05, 3.63) is 35.4 Å². The second-order valence-corrected chi connectivity index (χ2v) is 5.98. The van der Waals surface area contributed by atoms with E-state index in [4.69, 9.17) is 5.73 Å². The summed E-state index contributed by atoms with van der Waals surface area (Å²) in [5.74, 6) is -2.55. The number of primary amides is 1. The highest BCUT2D eigenvalue weighted by atomic mass is 19.2. The molecule has 1 heterocycles. The monoisotopic (exact) mass is 325 g/mol. The molecule has 126 valence electrons. The Morgan fingerprint density at radius 1 is 1.39 bits per heavy atom. The van der Waals surface area contributed by atoms with Crippen molar-refractivity contribution >= 4 is 11.8 Å². The number of rotatable bonds is 5. The van der Waals surface area contributed by atoms with E-state index in [2.05, 4.69) is 0 Å². The van der Waals surface area contributed by atoms with Crippen LogP contribution in [0.5, 0.6) is 0 Å². The van der Waals surface area contributed by atoms with Gasteiger partial charge in [-0.05, 0) is 37.6 Å². The van der Waals surface area contributed by atoms with Crippen molar-refractivity contribution in [2.75, 3.05) is 26.7 Å². The van der Waals surface area contributed by atoms with Crippen LogP contribution in [-0.2, 0) is 9.59 Å². The Bertz CT molecular complexity index is 609. The molecule has 0 aromatic heterocycles. The van der Waals surface area contributed by atoms with Gasteiger partial charge in [0, 0.05) is 13.6 Å². The van der Waals surface area contributed by atoms with Crippen molar-refractivity contribution in [3.63, 3.8) is 0 Å². The summed E-state index contributed by atoms with van der Waals surface area (Å²) in [5.41, 5.74) is 5.80. The Labute approximate surface area is 134 Å². The van der Waals surface area contributed by atoms with Gasteiger partial charge in [0.2, 0.25) is 11.8 Å². The zero-order valence-electron chi connectivity index (χ0n) is 13.3. The molecule has 23 heavy (non-hydrogen) atoms. The minimum Gasteiger partial charge on any atom is -0.369 e. The maximum Gasteiger partial charge on any atom is 0.236 e. The van der Waals surface area contributed by atoms with Crippen LogP contribution in [0.25, 0.3) is 0 Å². The third-order valence-corrected chi connectivity index (χ3v) is 4.43. The van der Waals surface area contributed by atoms with E-state index in [1.165, 1.54) is 11.0 Å². The van der Waals surface area contributed by atoms with Crippen molar-refractivity contribution in [2.45, 2.75) is 19.4 Å². The summed E-state index contributed by atoms with van der Waals surface area (Å²) < 4.78 is 26.3. The van der Waals surface area contributed by atoms with Gasteiger partial charge in [0.05, 0.1) is 18.5 Å². The maximum atomic E-state index is 13.3. The summed E-state index contributed by atoms with van der Waals surface area (Å²) >= 11 is 0. The standard InChI is InChI=1S/C16H21F2N3O2/c1-10(11-3-4-13(17)14(18)7-11)20(2)15(22)9-21-6-5-12(8-21)16(19)23/h3-4,7,10,12H,5-6,8-9H2,1-2H3,(H2,19,23)/t10-,12-/m1/s1. The van der Waals surface area contributed by atoms with Gasteiger partial charge in [0.15, 0.2) is 11.6 Å². The Balaban J connectivity index is 1.96. The van der Waals surface area contributed by atoms with Crippen LogP contribution in [0.3, 0.4) is 0 Å². The quantitative estimate of drug-likeness (QED) is 0.887. The summed E-state index contributed by atoms with van der Waals surface area (Å²) in [7, 11) is 1.62. The van der Waals surface area contributed by atoms with Gasteiger partial charge in [-0.2, -0.15) is 0 Å². The highest BCUT2D eigenvalue weighted by Crippen LogP contribution is 2.22. The minimum atomic E-state index is -0.931. The van der Waals surface area contributed by atoms with E-state index < -0.39 is 11.6 Å². The third kappa shape index (κ3) is 4.04. The molecule has 1 fully saturated rings. The zero-order valence-corrected chi connectivity index (χ0v) is 13.3. The van der Waals surface area contributed by atoms with Crippen LogP contribution in [0, 0.1) is 17.6 Å². The predicted octanol–water partition coefficient (Wildman–Crippen LogP) is 1.29. The molecule has 0 spiro atoms. The number of likely N-dealkylation sites (tertiary alicyclic amines) is 1. The van der Waals surface area contributed by atoms with Gasteiger partial charge in [-0.25, -0.2) is 8.78 Å². The lowest BCUT2D eigenvalue weighted by molar-refractivity contribution is -0.133. The summed E-state index contributed by atoms with van der Waals surface area (Å²) in [5, 5.41) is 0. The number of halogens is 2. The molecule has 7 heteroatoms. The van der Waals surface area contributed by atoms with Crippen LogP contribution in [0.15, 0.2) is 18.2 Å². The van der Waals surface area contributed by atoms with Gasteiger partial charge in [-0.3, -0.25) is 14.5 Å². The minimum absolute atomic E-state index is 0.146. The first kappa shape index (κ1) is 17.3. The highest BCUT2D eigenvalue weighted by molar-refractivity contribution is 5.79. The number of benzene rings is 1. The first-order valence-electron chi connectivity index (χ1n) is 7.52. The van der Waals surface area contributed by atoms with E-state index in [1.54, 1.807) is 14.0 Å². The molecule has 5 nitrogen and oxygen atoms in total. The molecule has 0 aliphatic carbocycles. The van der Waals surface area contributed by atoms with E-state index in [1.807, 2.05) is 4.90 Å². The molecule has 1 aromatic rings. The van der Waals surface area contributed by atoms with Gasteiger partial charge >= 0.3 is 0 Å². The molecule has 1 aliphatic heterocycles. The van der Waals surface area contributed by atoms with Crippen LogP contribution in [0.2, 0.25) is 0 Å². The molecular weight excluding hydrogens is 304 g/mol. The van der Waals surface area contributed by atoms with Crippen LogP contribution >= 0.6 is 0 Å². The van der Waals surface area contributed by atoms with Crippen molar-refractivity contribution in [3.8, 4) is 0 Å². The molecule has 0 unspecified atom stereocenters. The first-order valence-corrected chi connectivity index (χ1v) is 7.52.